The molecule has 3 aromatic carbocycles. The predicted molar refractivity (Wildman–Crippen MR) is 235 cm³/mol. The molecule has 1 aliphatic rings. The van der Waals surface area contributed by atoms with E-state index in [1.165, 1.54) is 44.9 Å². The van der Waals surface area contributed by atoms with Crippen molar-refractivity contribution in [3.05, 3.63) is 120 Å². The molecule has 316 valence electrons. The van der Waals surface area contributed by atoms with E-state index in [1.807, 2.05) is 83.8 Å². The van der Waals surface area contributed by atoms with Gasteiger partial charge >= 0.3 is 0 Å². The van der Waals surface area contributed by atoms with E-state index in [0.29, 0.717) is 25.8 Å². The van der Waals surface area contributed by atoms with Crippen LogP contribution in [0, 0.1) is 0 Å². The highest BCUT2D eigenvalue weighted by Crippen LogP contribution is 2.40. The molecule has 1 saturated heterocycles. The van der Waals surface area contributed by atoms with Gasteiger partial charge in [-0.15, -0.1) is 0 Å². The molecule has 1 fully saturated rings. The van der Waals surface area contributed by atoms with Gasteiger partial charge in [0.15, 0.2) is 0 Å². The SMILES string of the molecule is CCCCC/C=C\C/C=C\CCCCCCCC(=O)NCCCCCC(=O)N1CC(O)CC1C(OC(c1ccc(OC)cc1)c1ccc(OC)cc1)c1ccccc1. The zero-order valence-corrected chi connectivity index (χ0v) is 35.5. The van der Waals surface area contributed by atoms with Crippen LogP contribution in [0.1, 0.15) is 145 Å². The molecule has 2 N–H and O–H groups in total. The number of hydrogen-bond donors (Lipinski definition) is 2. The molecule has 1 aliphatic heterocycles. The van der Waals surface area contributed by atoms with Crippen LogP contribution >= 0.6 is 0 Å². The van der Waals surface area contributed by atoms with Gasteiger partial charge in [-0.05, 0) is 98.7 Å². The lowest BCUT2D eigenvalue weighted by Crippen LogP contribution is -2.40. The normalized spacial score (nSPS) is 16.1. The van der Waals surface area contributed by atoms with Crippen molar-refractivity contribution in [3.8, 4) is 11.5 Å². The summed E-state index contributed by atoms with van der Waals surface area (Å²) in [7, 11) is 3.29. The van der Waals surface area contributed by atoms with E-state index >= 15 is 0 Å². The van der Waals surface area contributed by atoms with Crippen LogP contribution in [-0.4, -0.2) is 61.3 Å². The second-order valence-electron chi connectivity index (χ2n) is 15.5. The maximum absolute atomic E-state index is 13.8. The number of rotatable bonds is 28. The number of aliphatic hydroxyl groups is 1. The fraction of sp³-hybridized carbons (Fsp3) is 0.520. The van der Waals surface area contributed by atoms with E-state index in [4.69, 9.17) is 14.2 Å². The average Bonchev–Trinajstić information content (AvgIpc) is 3.65. The third kappa shape index (κ3) is 16.5. The molecule has 2 amide bonds. The number of β-amino-alcohol motifs (C(OH)–C–C–N with tert-alkyl or cyclic N) is 1. The van der Waals surface area contributed by atoms with Crippen molar-refractivity contribution in [2.45, 2.75) is 140 Å². The number of aliphatic hydroxyl groups excluding tert-OH is 1. The van der Waals surface area contributed by atoms with E-state index in [1.54, 1.807) is 14.2 Å². The zero-order chi connectivity index (χ0) is 41.2. The van der Waals surface area contributed by atoms with Gasteiger partial charge in [0, 0.05) is 25.9 Å². The molecule has 0 radical (unpaired) electrons. The molecule has 3 aromatic rings. The summed E-state index contributed by atoms with van der Waals surface area (Å²) in [4.78, 5) is 28.1. The molecule has 0 bridgehead atoms. The van der Waals surface area contributed by atoms with Crippen LogP contribution in [0.4, 0.5) is 0 Å². The molecule has 3 unspecified atom stereocenters. The maximum Gasteiger partial charge on any atom is 0.223 e. The molecular weight excluding hydrogens is 725 g/mol. The summed E-state index contributed by atoms with van der Waals surface area (Å²) in [6.45, 7) is 3.14. The summed E-state index contributed by atoms with van der Waals surface area (Å²) < 4.78 is 18.0. The molecule has 0 aromatic heterocycles. The zero-order valence-electron chi connectivity index (χ0n) is 35.5. The third-order valence-corrected chi connectivity index (χ3v) is 11.0. The monoisotopic (exact) mass is 795 g/mol. The second kappa shape index (κ2) is 27.3. The molecule has 8 heteroatoms. The van der Waals surface area contributed by atoms with Crippen LogP contribution in [0.2, 0.25) is 0 Å². The Bertz CT molecular complexity index is 1580. The third-order valence-electron chi connectivity index (χ3n) is 11.0. The number of hydrogen-bond acceptors (Lipinski definition) is 6. The Morgan fingerprint density at radius 3 is 1.90 bits per heavy atom. The van der Waals surface area contributed by atoms with E-state index in [2.05, 4.69) is 36.5 Å². The first kappa shape index (κ1) is 46.3. The van der Waals surface area contributed by atoms with Crippen LogP contribution in [0.15, 0.2) is 103 Å². The van der Waals surface area contributed by atoms with E-state index in [0.717, 1.165) is 73.1 Å². The number of carbonyl (C=O) groups excluding carboxylic acids is 2. The topological polar surface area (TPSA) is 97.3 Å². The molecule has 3 atom stereocenters. The molecule has 0 aliphatic carbocycles. The van der Waals surface area contributed by atoms with Crippen molar-refractivity contribution in [2.24, 2.45) is 0 Å². The quantitative estimate of drug-likeness (QED) is 0.0561. The van der Waals surface area contributed by atoms with Crippen LogP contribution in [0.5, 0.6) is 11.5 Å². The second-order valence-corrected chi connectivity index (χ2v) is 15.5. The minimum absolute atomic E-state index is 0.0157. The standard InChI is InChI=1S/C50H70N2O6/c1-4-5-6-7-8-9-10-11-12-13-14-15-16-17-22-27-47(54)51-37-24-19-23-28-48(55)52-39-43(53)38-46(52)50(40-25-20-18-21-26-40)58-49(41-29-33-44(56-2)34-30-41)42-31-35-45(57-3)36-32-42/h8-9,11-12,18,20-21,25-26,29-36,43,46,49-50,53H,4-7,10,13-17,19,22-24,27-28,37-39H2,1-3H3,(H,51,54)/b9-8-,12-11-. The fourth-order valence-corrected chi connectivity index (χ4v) is 7.64. The van der Waals surface area contributed by atoms with Gasteiger partial charge in [0.1, 0.15) is 23.7 Å². The lowest BCUT2D eigenvalue weighted by Gasteiger charge is -2.35. The van der Waals surface area contributed by atoms with Gasteiger partial charge in [-0.3, -0.25) is 9.59 Å². The van der Waals surface area contributed by atoms with Gasteiger partial charge in [0.25, 0.3) is 0 Å². The summed E-state index contributed by atoms with van der Waals surface area (Å²) in [5, 5.41) is 14.0. The minimum Gasteiger partial charge on any atom is -0.497 e. The molecule has 58 heavy (non-hydrogen) atoms. The largest absolute Gasteiger partial charge is 0.497 e. The summed E-state index contributed by atoms with van der Waals surface area (Å²) in [5.41, 5.74) is 2.84. The number of amides is 2. The van der Waals surface area contributed by atoms with Crippen LogP contribution in [0.3, 0.4) is 0 Å². The number of methoxy groups -OCH3 is 2. The molecule has 1 heterocycles. The minimum atomic E-state index is -0.640. The molecular formula is C50H70N2O6. The maximum atomic E-state index is 13.8. The Morgan fingerprint density at radius 2 is 1.28 bits per heavy atom. The van der Waals surface area contributed by atoms with Crippen molar-refractivity contribution in [1.29, 1.82) is 0 Å². The van der Waals surface area contributed by atoms with E-state index in [9.17, 15) is 14.7 Å². The molecule has 0 saturated carbocycles. The molecule has 0 spiro atoms. The van der Waals surface area contributed by atoms with Gasteiger partial charge in [-0.1, -0.05) is 124 Å². The van der Waals surface area contributed by atoms with Crippen molar-refractivity contribution in [2.75, 3.05) is 27.3 Å². The Hall–Kier alpha value is -4.40. The number of ether oxygens (including phenoxy) is 3. The summed E-state index contributed by atoms with van der Waals surface area (Å²) >= 11 is 0. The van der Waals surface area contributed by atoms with Crippen molar-refractivity contribution in [1.82, 2.24) is 10.2 Å². The van der Waals surface area contributed by atoms with Gasteiger partial charge in [0.05, 0.1) is 26.4 Å². The number of benzene rings is 3. The summed E-state index contributed by atoms with van der Waals surface area (Å²) in [6, 6.07) is 25.3. The highest BCUT2D eigenvalue weighted by molar-refractivity contribution is 5.77. The van der Waals surface area contributed by atoms with Crippen LogP contribution < -0.4 is 14.8 Å². The Labute approximate surface area is 349 Å². The van der Waals surface area contributed by atoms with Gasteiger partial charge in [-0.25, -0.2) is 0 Å². The van der Waals surface area contributed by atoms with Crippen molar-refractivity contribution >= 4 is 11.8 Å². The Kier molecular flexibility index (Phi) is 21.8. The number of nitrogens with one attached hydrogen (secondary N) is 1. The lowest BCUT2D eigenvalue weighted by atomic mass is 9.96. The summed E-state index contributed by atoms with van der Waals surface area (Å²) in [5.74, 6) is 1.64. The first-order chi connectivity index (χ1) is 28.4. The summed E-state index contributed by atoms with van der Waals surface area (Å²) in [6.07, 6.45) is 24.2. The Morgan fingerprint density at radius 1 is 0.707 bits per heavy atom. The average molecular weight is 795 g/mol. The number of unbranched alkanes of at least 4 members (excludes halogenated alkanes) is 10. The molecule has 8 nitrogen and oxygen atoms in total. The first-order valence-corrected chi connectivity index (χ1v) is 22.0. The number of nitrogens with zero attached hydrogens (tertiary/aromatic N) is 1. The number of likely N-dealkylation sites (tertiary alicyclic amines) is 1. The van der Waals surface area contributed by atoms with Crippen molar-refractivity contribution in [3.63, 3.8) is 0 Å². The highest BCUT2D eigenvalue weighted by Gasteiger charge is 2.41. The smallest absolute Gasteiger partial charge is 0.223 e. The Balaban J connectivity index is 1.20. The lowest BCUT2D eigenvalue weighted by molar-refractivity contribution is -0.136. The van der Waals surface area contributed by atoms with Gasteiger partial charge in [0.2, 0.25) is 11.8 Å². The van der Waals surface area contributed by atoms with Crippen LogP contribution in [-0.2, 0) is 14.3 Å². The molecule has 4 rings (SSSR count). The first-order valence-electron chi connectivity index (χ1n) is 22.0. The highest BCUT2D eigenvalue weighted by atomic mass is 16.5. The van der Waals surface area contributed by atoms with Crippen LogP contribution in [0.25, 0.3) is 0 Å². The number of carbonyl (C=O) groups is 2. The van der Waals surface area contributed by atoms with E-state index in [-0.39, 0.29) is 24.4 Å². The predicted octanol–water partition coefficient (Wildman–Crippen LogP) is 11.0. The number of allylic oxidation sites excluding steroid dienone is 4. The van der Waals surface area contributed by atoms with E-state index < -0.39 is 18.3 Å². The van der Waals surface area contributed by atoms with Gasteiger partial charge in [-0.2, -0.15) is 0 Å². The van der Waals surface area contributed by atoms with Gasteiger partial charge < -0.3 is 29.5 Å². The fourth-order valence-electron chi connectivity index (χ4n) is 7.64. The van der Waals surface area contributed by atoms with Crippen molar-refractivity contribution < 1.29 is 28.9 Å².